The summed E-state index contributed by atoms with van der Waals surface area (Å²) in [6.07, 6.45) is 2.58. The van der Waals surface area contributed by atoms with Crippen molar-refractivity contribution in [3.05, 3.63) is 47.0 Å². The van der Waals surface area contributed by atoms with E-state index in [1.165, 1.54) is 5.56 Å². The first-order chi connectivity index (χ1) is 9.63. The third kappa shape index (κ3) is 2.38. The minimum atomic E-state index is -0.0278. The predicted octanol–water partition coefficient (Wildman–Crippen LogP) is 4.45. The average molecular weight is 270 g/mol. The zero-order valence-corrected chi connectivity index (χ0v) is 12.4. The summed E-state index contributed by atoms with van der Waals surface area (Å²) in [7, 11) is 0. The van der Waals surface area contributed by atoms with Crippen LogP contribution in [0.2, 0.25) is 0 Å². The molecule has 0 saturated carbocycles. The standard InChI is InChI=1S/C18H22O2/c1-4-12-9-7-8-10-15(12)17-14(6-3)13(5-2)11-16(19)18(17)20/h7-11,19-20H,4-6H2,1-3H3. The third-order valence-corrected chi connectivity index (χ3v) is 3.88. The SMILES string of the molecule is CCc1ccccc1-c1c(O)c(O)cc(CC)c1CC. The Kier molecular flexibility index (Phi) is 4.33. The Balaban J connectivity index is 2.81. The second-order valence-corrected chi connectivity index (χ2v) is 4.97. The van der Waals surface area contributed by atoms with Crippen LogP contribution in [-0.2, 0) is 19.3 Å². The van der Waals surface area contributed by atoms with Gasteiger partial charge in [-0.05, 0) is 47.6 Å². The molecule has 106 valence electrons. The van der Waals surface area contributed by atoms with Gasteiger partial charge in [0.1, 0.15) is 0 Å². The lowest BCUT2D eigenvalue weighted by atomic mass is 9.88. The van der Waals surface area contributed by atoms with Crippen molar-refractivity contribution in [1.29, 1.82) is 0 Å². The van der Waals surface area contributed by atoms with Gasteiger partial charge in [0.05, 0.1) is 0 Å². The minimum Gasteiger partial charge on any atom is -0.504 e. The van der Waals surface area contributed by atoms with Gasteiger partial charge in [-0.2, -0.15) is 0 Å². The summed E-state index contributed by atoms with van der Waals surface area (Å²) >= 11 is 0. The Morgan fingerprint density at radius 3 is 2.10 bits per heavy atom. The molecule has 2 heteroatoms. The number of hydrogen-bond acceptors (Lipinski definition) is 2. The molecular weight excluding hydrogens is 248 g/mol. The fourth-order valence-electron chi connectivity index (χ4n) is 2.83. The molecule has 20 heavy (non-hydrogen) atoms. The fraction of sp³-hybridized carbons (Fsp3) is 0.333. The van der Waals surface area contributed by atoms with Crippen molar-refractivity contribution >= 4 is 0 Å². The van der Waals surface area contributed by atoms with Crippen molar-refractivity contribution in [2.45, 2.75) is 40.0 Å². The van der Waals surface area contributed by atoms with Gasteiger partial charge in [-0.25, -0.2) is 0 Å². The highest BCUT2D eigenvalue weighted by atomic mass is 16.3. The molecule has 2 rings (SSSR count). The summed E-state index contributed by atoms with van der Waals surface area (Å²) < 4.78 is 0. The molecule has 2 aromatic rings. The zero-order valence-electron chi connectivity index (χ0n) is 12.4. The molecule has 0 aromatic heterocycles. The molecule has 0 amide bonds. The van der Waals surface area contributed by atoms with E-state index >= 15 is 0 Å². The van der Waals surface area contributed by atoms with Crippen molar-refractivity contribution in [3.8, 4) is 22.6 Å². The molecule has 0 fully saturated rings. The zero-order chi connectivity index (χ0) is 14.7. The maximum absolute atomic E-state index is 10.4. The van der Waals surface area contributed by atoms with Crippen LogP contribution in [0.15, 0.2) is 30.3 Å². The van der Waals surface area contributed by atoms with Gasteiger partial charge in [-0.3, -0.25) is 0 Å². The molecule has 0 radical (unpaired) electrons. The molecule has 0 heterocycles. The predicted molar refractivity (Wildman–Crippen MR) is 83.3 cm³/mol. The Hall–Kier alpha value is -1.96. The summed E-state index contributed by atoms with van der Waals surface area (Å²) in [6, 6.07) is 9.76. The average Bonchev–Trinajstić information content (AvgIpc) is 2.49. The fourth-order valence-corrected chi connectivity index (χ4v) is 2.83. The highest BCUT2D eigenvalue weighted by molar-refractivity contribution is 5.80. The van der Waals surface area contributed by atoms with Crippen molar-refractivity contribution in [1.82, 2.24) is 0 Å². The van der Waals surface area contributed by atoms with Gasteiger partial charge in [0.2, 0.25) is 0 Å². The van der Waals surface area contributed by atoms with E-state index in [4.69, 9.17) is 0 Å². The number of aryl methyl sites for hydroxylation is 2. The normalized spacial score (nSPS) is 10.8. The quantitative estimate of drug-likeness (QED) is 0.806. The minimum absolute atomic E-state index is 0.0000463. The Bertz CT molecular complexity index is 615. The topological polar surface area (TPSA) is 40.5 Å². The van der Waals surface area contributed by atoms with Gasteiger partial charge >= 0.3 is 0 Å². The van der Waals surface area contributed by atoms with E-state index in [2.05, 4.69) is 26.8 Å². The molecule has 0 bridgehead atoms. The largest absolute Gasteiger partial charge is 0.504 e. The molecule has 0 aliphatic carbocycles. The Labute approximate surface area is 120 Å². The number of hydrogen-bond donors (Lipinski definition) is 2. The Morgan fingerprint density at radius 1 is 0.850 bits per heavy atom. The second-order valence-electron chi connectivity index (χ2n) is 4.97. The molecule has 0 unspecified atom stereocenters. The number of aromatic hydroxyl groups is 2. The number of phenolic OH excluding ortho intramolecular Hbond substituents is 2. The van der Waals surface area contributed by atoms with Crippen molar-refractivity contribution < 1.29 is 10.2 Å². The summed E-state index contributed by atoms with van der Waals surface area (Å²) in [5, 5.41) is 20.4. The van der Waals surface area contributed by atoms with Crippen LogP contribution in [0.1, 0.15) is 37.5 Å². The first-order valence-electron chi connectivity index (χ1n) is 7.28. The summed E-state index contributed by atoms with van der Waals surface area (Å²) in [5.41, 5.74) is 5.23. The van der Waals surface area contributed by atoms with Crippen LogP contribution in [0.4, 0.5) is 0 Å². The van der Waals surface area contributed by atoms with E-state index < -0.39 is 0 Å². The van der Waals surface area contributed by atoms with Crippen LogP contribution in [0, 0.1) is 0 Å². The molecule has 0 atom stereocenters. The maximum Gasteiger partial charge on any atom is 0.165 e. The first kappa shape index (κ1) is 14.4. The lowest BCUT2D eigenvalue weighted by Crippen LogP contribution is -1.98. The lowest BCUT2D eigenvalue weighted by molar-refractivity contribution is 0.404. The monoisotopic (exact) mass is 270 g/mol. The molecular formula is C18H22O2. The van der Waals surface area contributed by atoms with Gasteiger partial charge in [0.25, 0.3) is 0 Å². The second kappa shape index (κ2) is 6.00. The third-order valence-electron chi connectivity index (χ3n) is 3.88. The first-order valence-corrected chi connectivity index (χ1v) is 7.28. The summed E-state index contributed by atoms with van der Waals surface area (Å²) in [4.78, 5) is 0. The molecule has 0 aliphatic rings. The molecule has 0 saturated heterocycles. The highest BCUT2D eigenvalue weighted by Crippen LogP contribution is 2.42. The molecule has 0 spiro atoms. The lowest BCUT2D eigenvalue weighted by Gasteiger charge is -2.18. The van der Waals surface area contributed by atoms with Gasteiger partial charge in [0, 0.05) is 5.56 Å². The maximum atomic E-state index is 10.4. The molecule has 2 N–H and O–H groups in total. The van der Waals surface area contributed by atoms with Crippen LogP contribution in [-0.4, -0.2) is 10.2 Å². The van der Waals surface area contributed by atoms with Gasteiger partial charge in [0.15, 0.2) is 11.5 Å². The van der Waals surface area contributed by atoms with Gasteiger partial charge < -0.3 is 10.2 Å². The van der Waals surface area contributed by atoms with E-state index in [1.54, 1.807) is 6.07 Å². The molecule has 2 nitrogen and oxygen atoms in total. The van der Waals surface area contributed by atoms with Crippen LogP contribution in [0.3, 0.4) is 0 Å². The van der Waals surface area contributed by atoms with E-state index in [0.29, 0.717) is 0 Å². The van der Waals surface area contributed by atoms with Gasteiger partial charge in [-0.1, -0.05) is 45.0 Å². The van der Waals surface area contributed by atoms with Crippen LogP contribution in [0.25, 0.3) is 11.1 Å². The van der Waals surface area contributed by atoms with Crippen molar-refractivity contribution in [2.75, 3.05) is 0 Å². The summed E-state index contributed by atoms with van der Waals surface area (Å²) in [6.45, 7) is 6.26. The molecule has 0 aliphatic heterocycles. The Morgan fingerprint density at radius 2 is 1.50 bits per heavy atom. The van der Waals surface area contributed by atoms with E-state index in [9.17, 15) is 10.2 Å². The van der Waals surface area contributed by atoms with E-state index in [0.717, 1.165) is 41.5 Å². The van der Waals surface area contributed by atoms with E-state index in [-0.39, 0.29) is 11.5 Å². The number of benzene rings is 2. The summed E-state index contributed by atoms with van der Waals surface area (Å²) in [5.74, 6) is -0.0279. The van der Waals surface area contributed by atoms with Crippen LogP contribution >= 0.6 is 0 Å². The molecule has 2 aromatic carbocycles. The van der Waals surface area contributed by atoms with Gasteiger partial charge in [-0.15, -0.1) is 0 Å². The number of phenols is 2. The van der Waals surface area contributed by atoms with E-state index in [1.807, 2.05) is 18.2 Å². The van der Waals surface area contributed by atoms with Crippen LogP contribution in [0.5, 0.6) is 11.5 Å². The van der Waals surface area contributed by atoms with Crippen LogP contribution < -0.4 is 0 Å². The number of rotatable bonds is 4. The van der Waals surface area contributed by atoms with Crippen molar-refractivity contribution in [2.24, 2.45) is 0 Å². The smallest absolute Gasteiger partial charge is 0.165 e. The highest BCUT2D eigenvalue weighted by Gasteiger charge is 2.18. The van der Waals surface area contributed by atoms with Crippen molar-refractivity contribution in [3.63, 3.8) is 0 Å².